The SMILES string of the molecule is CC(=O)N1C(O)(O)C(O)(O)N(C2C(O)(O)C(O)N(C(=O)N(C)C(C)c3cc(C(F)(F)F)cc(C(F)(F)F)c3)C(c3ccc(F)cc3C)C2(O)O)C(O)(O)C1(O)O. The number of aliphatic hydroxyl groups excluding tert-OH is 1. The molecule has 2 heterocycles. The Morgan fingerprint density at radius 3 is 1.59 bits per heavy atom. The maximum absolute atomic E-state index is 14.3. The monoisotopic (exact) mass is 824 g/mol. The van der Waals surface area contributed by atoms with Crippen LogP contribution >= 0.6 is 0 Å². The summed E-state index contributed by atoms with van der Waals surface area (Å²) in [5.41, 5.74) is -5.86. The van der Waals surface area contributed by atoms with E-state index in [4.69, 9.17) is 0 Å². The van der Waals surface area contributed by atoms with Crippen LogP contribution in [0.4, 0.5) is 35.5 Å². The summed E-state index contributed by atoms with van der Waals surface area (Å²) in [6.45, 7) is 2.07. The summed E-state index contributed by atoms with van der Waals surface area (Å²) in [7, 11) is 0.651. The standard InChI is InChI=1S/C30H35F7N4O15/c1-11-7-17(31)5-6-18(11)19-23(45,46)20(41-29(53,54)27(49,50)40(13(3)42)28(51,52)30(41,55)56)24(47,48)21(43)39(19)22(44)38(4)12(2)14-8-15(25(32,33)34)10-16(9-14)26(35,36)37/h5-10,12,19-21,43,45-56H,1-4H3. The van der Waals surface area contributed by atoms with Crippen molar-refractivity contribution in [2.45, 2.75) is 92.7 Å². The molecule has 0 saturated carbocycles. The van der Waals surface area contributed by atoms with E-state index < -0.39 is 127 Å². The highest BCUT2D eigenvalue weighted by Gasteiger charge is 2.84. The first-order valence-electron chi connectivity index (χ1n) is 15.5. The van der Waals surface area contributed by atoms with Gasteiger partial charge in [0.1, 0.15) is 17.9 Å². The second kappa shape index (κ2) is 13.3. The number of hydrogen-bond acceptors (Lipinski definition) is 16. The van der Waals surface area contributed by atoms with Crippen LogP contribution in [0.2, 0.25) is 0 Å². The van der Waals surface area contributed by atoms with Gasteiger partial charge in [-0.25, -0.2) is 14.1 Å². The summed E-state index contributed by atoms with van der Waals surface area (Å²) in [5, 5.41) is 144. The Kier molecular flexibility index (Phi) is 10.7. The molecule has 314 valence electrons. The summed E-state index contributed by atoms with van der Waals surface area (Å²) >= 11 is 0. The number of rotatable bonds is 4. The number of benzene rings is 2. The summed E-state index contributed by atoms with van der Waals surface area (Å²) < 4.78 is 96.2. The molecule has 4 unspecified atom stereocenters. The van der Waals surface area contributed by atoms with Gasteiger partial charge in [0.15, 0.2) is 6.23 Å². The summed E-state index contributed by atoms with van der Waals surface area (Å²) in [6.07, 6.45) is -14.3. The number of piperazine rings is 1. The van der Waals surface area contributed by atoms with E-state index in [1.807, 2.05) is 0 Å². The van der Waals surface area contributed by atoms with Crippen LogP contribution in [0, 0.1) is 12.7 Å². The number of carbonyl (C=O) groups excluding carboxylic acids is 2. The lowest BCUT2D eigenvalue weighted by Crippen LogP contribution is -2.95. The van der Waals surface area contributed by atoms with E-state index >= 15 is 0 Å². The highest BCUT2D eigenvalue weighted by Crippen LogP contribution is 2.54. The number of amides is 3. The van der Waals surface area contributed by atoms with Crippen LogP contribution in [-0.2, 0) is 17.1 Å². The van der Waals surface area contributed by atoms with Crippen molar-refractivity contribution in [2.75, 3.05) is 7.05 Å². The van der Waals surface area contributed by atoms with Gasteiger partial charge in [-0.3, -0.25) is 9.69 Å². The number of likely N-dealkylation sites (tertiary alicyclic amines) is 1. The molecule has 0 bridgehead atoms. The first-order valence-corrected chi connectivity index (χ1v) is 15.5. The average molecular weight is 825 g/mol. The first-order chi connectivity index (χ1) is 24.9. The lowest BCUT2D eigenvalue weighted by molar-refractivity contribution is -0.617. The predicted molar refractivity (Wildman–Crippen MR) is 161 cm³/mol. The van der Waals surface area contributed by atoms with Crippen molar-refractivity contribution in [3.63, 3.8) is 0 Å². The van der Waals surface area contributed by atoms with E-state index in [1.165, 1.54) is 0 Å². The van der Waals surface area contributed by atoms with Crippen molar-refractivity contribution in [2.24, 2.45) is 0 Å². The summed E-state index contributed by atoms with van der Waals surface area (Å²) in [6, 6.07) is -8.97. The van der Waals surface area contributed by atoms with Gasteiger partial charge in [0, 0.05) is 14.0 Å². The van der Waals surface area contributed by atoms with Gasteiger partial charge in [0.05, 0.1) is 17.2 Å². The number of carbonyl (C=O) groups is 2. The molecule has 56 heavy (non-hydrogen) atoms. The minimum absolute atomic E-state index is 0.190. The van der Waals surface area contributed by atoms with Gasteiger partial charge in [-0.1, -0.05) is 6.07 Å². The van der Waals surface area contributed by atoms with Crippen molar-refractivity contribution in [1.29, 1.82) is 0 Å². The van der Waals surface area contributed by atoms with Crippen LogP contribution < -0.4 is 0 Å². The Morgan fingerprint density at radius 1 is 0.750 bits per heavy atom. The van der Waals surface area contributed by atoms with Gasteiger partial charge < -0.3 is 71.3 Å². The number of hydrogen-bond donors (Lipinski definition) is 13. The fourth-order valence-corrected chi connectivity index (χ4v) is 6.72. The predicted octanol–water partition coefficient (Wildman–Crippen LogP) is -2.89. The van der Waals surface area contributed by atoms with E-state index in [1.54, 1.807) is 0 Å². The second-order valence-electron chi connectivity index (χ2n) is 13.3. The molecular weight excluding hydrogens is 789 g/mol. The van der Waals surface area contributed by atoms with Crippen molar-refractivity contribution >= 4 is 11.9 Å². The van der Waals surface area contributed by atoms with Gasteiger partial charge in [0.25, 0.3) is 0 Å². The van der Waals surface area contributed by atoms with Gasteiger partial charge in [-0.05, 0) is 60.9 Å². The second-order valence-corrected chi connectivity index (χ2v) is 13.3. The van der Waals surface area contributed by atoms with Crippen molar-refractivity contribution in [3.05, 3.63) is 70.0 Å². The van der Waals surface area contributed by atoms with E-state index in [9.17, 15) is 107 Å². The molecule has 13 N–H and O–H groups in total. The molecule has 2 aliphatic rings. The van der Waals surface area contributed by atoms with E-state index in [0.717, 1.165) is 13.8 Å². The van der Waals surface area contributed by atoms with Crippen LogP contribution in [0.3, 0.4) is 0 Å². The molecule has 3 amide bonds. The third-order valence-electron chi connectivity index (χ3n) is 9.62. The molecule has 4 rings (SSSR count). The number of nitrogens with zero attached hydrogens (tertiary/aromatic N) is 4. The Labute approximate surface area is 308 Å². The van der Waals surface area contributed by atoms with Crippen molar-refractivity contribution in [1.82, 2.24) is 19.6 Å². The molecule has 2 saturated heterocycles. The number of halogens is 7. The lowest BCUT2D eigenvalue weighted by atomic mass is 9.77. The quantitative estimate of drug-likeness (QED) is 0.109. The van der Waals surface area contributed by atoms with E-state index in [-0.39, 0.29) is 34.9 Å². The molecule has 0 aromatic heterocycles. The normalized spacial score (nSPS) is 26.1. The largest absolute Gasteiger partial charge is 0.416 e. The van der Waals surface area contributed by atoms with Gasteiger partial charge >= 0.3 is 42.0 Å². The van der Waals surface area contributed by atoms with Crippen LogP contribution in [0.5, 0.6) is 0 Å². The molecule has 19 nitrogen and oxygen atoms in total. The smallest absolute Gasteiger partial charge is 0.368 e. The fraction of sp³-hybridized carbons (Fsp3) is 0.533. The number of urea groups is 1. The summed E-state index contributed by atoms with van der Waals surface area (Å²) in [5.74, 6) is -32.6. The fourth-order valence-electron chi connectivity index (χ4n) is 6.72. The third-order valence-corrected chi connectivity index (χ3v) is 9.62. The third kappa shape index (κ3) is 6.63. The van der Waals surface area contributed by atoms with Gasteiger partial charge in [-0.2, -0.15) is 31.2 Å². The molecule has 2 fully saturated rings. The highest BCUT2D eigenvalue weighted by atomic mass is 19.4. The number of alkyl halides is 6. The van der Waals surface area contributed by atoms with Gasteiger partial charge in [-0.15, -0.1) is 0 Å². The van der Waals surface area contributed by atoms with Gasteiger partial charge in [0.2, 0.25) is 17.5 Å². The molecule has 0 radical (unpaired) electrons. The Hall–Kier alpha value is -3.87. The van der Waals surface area contributed by atoms with Crippen molar-refractivity contribution < 1.29 is 107 Å². The molecule has 0 spiro atoms. The zero-order chi connectivity index (χ0) is 43.5. The molecule has 2 aliphatic heterocycles. The minimum atomic E-state index is -5.39. The molecule has 26 heteroatoms. The van der Waals surface area contributed by atoms with Crippen molar-refractivity contribution in [3.8, 4) is 0 Å². The maximum atomic E-state index is 14.3. The maximum Gasteiger partial charge on any atom is 0.416 e. The molecule has 2 aromatic carbocycles. The molecule has 4 atom stereocenters. The zero-order valence-electron chi connectivity index (χ0n) is 28.8. The Bertz CT molecular complexity index is 1830. The van der Waals surface area contributed by atoms with Crippen LogP contribution in [-0.4, -0.2) is 152 Å². The number of piperidine rings is 1. The summed E-state index contributed by atoms with van der Waals surface area (Å²) in [4.78, 5) is 23.6. The highest BCUT2D eigenvalue weighted by molar-refractivity contribution is 5.77. The van der Waals surface area contributed by atoms with E-state index in [0.29, 0.717) is 25.2 Å². The Morgan fingerprint density at radius 2 is 1.20 bits per heavy atom. The number of aryl methyl sites for hydroxylation is 1. The Balaban J connectivity index is 2.00. The average Bonchev–Trinajstić information content (AvgIpc) is 3.02. The van der Waals surface area contributed by atoms with Crippen LogP contribution in [0.1, 0.15) is 53.7 Å². The first kappa shape index (κ1) is 44.8. The zero-order valence-corrected chi connectivity index (χ0v) is 28.8. The minimum Gasteiger partial charge on any atom is -0.368 e. The van der Waals surface area contributed by atoms with E-state index in [2.05, 4.69) is 0 Å². The topological polar surface area (TPSA) is 310 Å². The molecule has 0 aliphatic carbocycles. The lowest BCUT2D eigenvalue weighted by Gasteiger charge is -2.66. The van der Waals surface area contributed by atoms with Crippen LogP contribution in [0.15, 0.2) is 36.4 Å². The molecule has 2 aromatic rings. The number of aliphatic hydroxyl groups is 13. The van der Waals surface area contributed by atoms with Crippen LogP contribution in [0.25, 0.3) is 0 Å². The molecular formula is C30H35F7N4O15.